The number of rotatable bonds is 53. The van der Waals surface area contributed by atoms with Crippen molar-refractivity contribution in [1.82, 2.24) is 0 Å². The van der Waals surface area contributed by atoms with Crippen LogP contribution < -0.4 is 0 Å². The molecule has 0 aliphatic heterocycles. The molecule has 1 unspecified atom stereocenters. The Labute approximate surface area is 433 Å². The van der Waals surface area contributed by atoms with Crippen LogP contribution in [0, 0.1) is 0 Å². The van der Waals surface area contributed by atoms with Gasteiger partial charge in [-0.15, -0.1) is 0 Å². The van der Waals surface area contributed by atoms with Crippen molar-refractivity contribution in [3.63, 3.8) is 0 Å². The van der Waals surface area contributed by atoms with Crippen LogP contribution in [-0.4, -0.2) is 37.2 Å². The van der Waals surface area contributed by atoms with E-state index in [4.69, 9.17) is 14.2 Å². The van der Waals surface area contributed by atoms with Crippen molar-refractivity contribution in [3.8, 4) is 0 Å². The summed E-state index contributed by atoms with van der Waals surface area (Å²) < 4.78 is 16.9. The molecule has 6 heteroatoms. The van der Waals surface area contributed by atoms with Crippen molar-refractivity contribution < 1.29 is 28.6 Å². The molecule has 0 amide bonds. The van der Waals surface area contributed by atoms with Crippen LogP contribution in [0.25, 0.3) is 0 Å². The van der Waals surface area contributed by atoms with Crippen molar-refractivity contribution in [1.29, 1.82) is 0 Å². The second-order valence-electron chi connectivity index (χ2n) is 19.5. The fourth-order valence-corrected chi connectivity index (χ4v) is 8.16. The Morgan fingerprint density at radius 1 is 0.300 bits per heavy atom. The van der Waals surface area contributed by atoms with E-state index in [0.29, 0.717) is 19.3 Å². The molecule has 0 bridgehead atoms. The number of hydrogen-bond donors (Lipinski definition) is 0. The minimum absolute atomic E-state index is 0.0870. The molecule has 0 spiro atoms. The van der Waals surface area contributed by atoms with Crippen molar-refractivity contribution >= 4 is 17.9 Å². The maximum absolute atomic E-state index is 12.9. The first-order chi connectivity index (χ1) is 34.5. The summed E-state index contributed by atoms with van der Waals surface area (Å²) in [4.78, 5) is 38.2. The van der Waals surface area contributed by atoms with Gasteiger partial charge in [0, 0.05) is 19.3 Å². The third-order valence-corrected chi connectivity index (χ3v) is 12.6. The fraction of sp³-hybridized carbons (Fsp3) is 0.734. The van der Waals surface area contributed by atoms with Crippen LogP contribution in [0.15, 0.2) is 85.1 Å². The molecule has 0 fully saturated rings. The second-order valence-corrected chi connectivity index (χ2v) is 19.5. The van der Waals surface area contributed by atoms with Crippen LogP contribution in [-0.2, 0) is 28.6 Å². The minimum atomic E-state index is -0.790. The molecule has 0 saturated carbocycles. The first-order valence-corrected chi connectivity index (χ1v) is 29.6. The van der Waals surface area contributed by atoms with E-state index in [9.17, 15) is 14.4 Å². The van der Waals surface area contributed by atoms with E-state index in [1.54, 1.807) is 0 Å². The van der Waals surface area contributed by atoms with Gasteiger partial charge in [0.15, 0.2) is 6.10 Å². The summed E-state index contributed by atoms with van der Waals surface area (Å²) in [7, 11) is 0. The van der Waals surface area contributed by atoms with Crippen LogP contribution in [0.1, 0.15) is 284 Å². The van der Waals surface area contributed by atoms with Gasteiger partial charge in [0.25, 0.3) is 0 Å². The Bertz CT molecular complexity index is 1350. The SMILES string of the molecule is CC/C=C\C/C=C\C/C=C\C/C=C\CCCCCCCCC(=O)OC(COC(=O)CCCCCCC/C=C\CCCCC)COC(=O)CCCCCCCCCCC/C=C\C/C=C\CCCCCCC. The molecule has 0 N–H and O–H groups in total. The first-order valence-electron chi connectivity index (χ1n) is 29.6. The molecule has 6 nitrogen and oxygen atoms in total. The highest BCUT2D eigenvalue weighted by Crippen LogP contribution is 2.15. The average molecular weight is 976 g/mol. The van der Waals surface area contributed by atoms with Gasteiger partial charge in [-0.25, -0.2) is 0 Å². The molecule has 0 saturated heterocycles. The Balaban J connectivity index is 4.37. The maximum atomic E-state index is 12.9. The quantitative estimate of drug-likeness (QED) is 0.0261. The molecule has 0 aromatic carbocycles. The van der Waals surface area contributed by atoms with Crippen molar-refractivity contribution in [3.05, 3.63) is 85.1 Å². The zero-order valence-corrected chi connectivity index (χ0v) is 46.0. The minimum Gasteiger partial charge on any atom is -0.462 e. The normalized spacial score (nSPS) is 12.7. The smallest absolute Gasteiger partial charge is 0.306 e. The van der Waals surface area contributed by atoms with Gasteiger partial charge >= 0.3 is 17.9 Å². The van der Waals surface area contributed by atoms with Gasteiger partial charge in [-0.05, 0) is 116 Å². The zero-order valence-electron chi connectivity index (χ0n) is 46.0. The number of carbonyl (C=O) groups excluding carboxylic acids is 3. The van der Waals surface area contributed by atoms with E-state index in [1.807, 2.05) is 0 Å². The molecule has 0 rings (SSSR count). The number of unbranched alkanes of at least 4 members (excludes halogenated alkanes) is 28. The lowest BCUT2D eigenvalue weighted by Gasteiger charge is -2.18. The largest absolute Gasteiger partial charge is 0.462 e. The summed E-state index contributed by atoms with van der Waals surface area (Å²) in [6.45, 7) is 6.49. The molecular formula is C64H110O6. The standard InChI is InChI=1S/C64H110O6/c1-4-7-10-13-16-19-22-25-27-29-31-32-34-35-37-39-42-45-48-51-54-57-63(66)69-60-61(59-68-62(65)56-53-50-47-44-41-24-21-18-15-12-9-6-3)70-64(67)58-55-52-49-46-43-40-38-36-33-30-28-26-23-20-17-14-11-8-5-2/h8,11,17-18,20-22,25-26,28-29,31,33,36,61H,4-7,9-10,12-16,19,23-24,27,30,32,34-35,37-60H2,1-3H3/b11-8-,20-17-,21-18-,25-22-,28-26-,31-29-,36-33-. The second kappa shape index (κ2) is 58.2. The fourth-order valence-electron chi connectivity index (χ4n) is 8.16. The summed E-state index contributed by atoms with van der Waals surface area (Å²) in [5, 5.41) is 0. The van der Waals surface area contributed by atoms with Crippen LogP contribution >= 0.6 is 0 Å². The van der Waals surface area contributed by atoms with Gasteiger partial charge in [0.2, 0.25) is 0 Å². The molecule has 0 aromatic rings. The maximum Gasteiger partial charge on any atom is 0.306 e. The van der Waals surface area contributed by atoms with Crippen molar-refractivity contribution in [2.45, 2.75) is 290 Å². The highest BCUT2D eigenvalue weighted by molar-refractivity contribution is 5.71. The van der Waals surface area contributed by atoms with Gasteiger partial charge in [-0.2, -0.15) is 0 Å². The lowest BCUT2D eigenvalue weighted by atomic mass is 10.1. The zero-order chi connectivity index (χ0) is 50.7. The summed E-state index contributed by atoms with van der Waals surface area (Å²) in [6.07, 6.45) is 75.7. The first kappa shape index (κ1) is 66.6. The van der Waals surface area contributed by atoms with E-state index in [1.165, 1.54) is 135 Å². The number of allylic oxidation sites excluding steroid dienone is 14. The molecule has 0 aliphatic carbocycles. The van der Waals surface area contributed by atoms with Crippen LogP contribution in [0.4, 0.5) is 0 Å². The van der Waals surface area contributed by atoms with Gasteiger partial charge in [0.1, 0.15) is 13.2 Å². The van der Waals surface area contributed by atoms with E-state index in [0.717, 1.165) is 109 Å². The Hall–Kier alpha value is -3.41. The van der Waals surface area contributed by atoms with E-state index >= 15 is 0 Å². The highest BCUT2D eigenvalue weighted by Gasteiger charge is 2.19. The van der Waals surface area contributed by atoms with Crippen LogP contribution in [0.3, 0.4) is 0 Å². The predicted octanol–water partition coefficient (Wildman–Crippen LogP) is 19.9. The molecule has 0 radical (unpaired) electrons. The number of ether oxygens (including phenoxy) is 3. The van der Waals surface area contributed by atoms with Gasteiger partial charge in [-0.3, -0.25) is 14.4 Å². The molecular weight excluding hydrogens is 865 g/mol. The third kappa shape index (κ3) is 55.5. The lowest BCUT2D eigenvalue weighted by molar-refractivity contribution is -0.167. The lowest BCUT2D eigenvalue weighted by Crippen LogP contribution is -2.30. The highest BCUT2D eigenvalue weighted by atomic mass is 16.6. The molecule has 0 aliphatic rings. The Morgan fingerprint density at radius 3 is 0.914 bits per heavy atom. The molecule has 0 heterocycles. The summed E-state index contributed by atoms with van der Waals surface area (Å²) >= 11 is 0. The molecule has 70 heavy (non-hydrogen) atoms. The predicted molar refractivity (Wildman–Crippen MR) is 302 cm³/mol. The number of carbonyl (C=O) groups is 3. The number of esters is 3. The number of hydrogen-bond acceptors (Lipinski definition) is 6. The molecule has 1 atom stereocenters. The van der Waals surface area contributed by atoms with Crippen molar-refractivity contribution in [2.75, 3.05) is 13.2 Å². The van der Waals surface area contributed by atoms with Gasteiger partial charge in [0.05, 0.1) is 0 Å². The van der Waals surface area contributed by atoms with E-state index in [2.05, 4.69) is 106 Å². The molecule has 402 valence electrons. The summed E-state index contributed by atoms with van der Waals surface area (Å²) in [5.74, 6) is -0.908. The van der Waals surface area contributed by atoms with Crippen LogP contribution in [0.2, 0.25) is 0 Å². The summed E-state index contributed by atoms with van der Waals surface area (Å²) in [6, 6.07) is 0. The summed E-state index contributed by atoms with van der Waals surface area (Å²) in [5.41, 5.74) is 0. The van der Waals surface area contributed by atoms with Gasteiger partial charge in [-0.1, -0.05) is 234 Å². The van der Waals surface area contributed by atoms with E-state index < -0.39 is 6.10 Å². The van der Waals surface area contributed by atoms with Crippen LogP contribution in [0.5, 0.6) is 0 Å². The topological polar surface area (TPSA) is 78.9 Å². The average Bonchev–Trinajstić information content (AvgIpc) is 3.36. The Kier molecular flexibility index (Phi) is 55.3. The van der Waals surface area contributed by atoms with E-state index in [-0.39, 0.29) is 31.1 Å². The molecule has 0 aromatic heterocycles. The third-order valence-electron chi connectivity index (χ3n) is 12.6. The van der Waals surface area contributed by atoms with Gasteiger partial charge < -0.3 is 14.2 Å². The van der Waals surface area contributed by atoms with Crippen molar-refractivity contribution in [2.24, 2.45) is 0 Å². The monoisotopic (exact) mass is 975 g/mol. The Morgan fingerprint density at radius 2 is 0.557 bits per heavy atom.